The van der Waals surface area contributed by atoms with Gasteiger partial charge in [0.15, 0.2) is 0 Å². The number of hydrogen-bond donors (Lipinski definition) is 0. The van der Waals surface area contributed by atoms with E-state index in [4.69, 9.17) is 9.47 Å². The van der Waals surface area contributed by atoms with Crippen molar-refractivity contribution in [3.63, 3.8) is 0 Å². The van der Waals surface area contributed by atoms with Crippen molar-refractivity contribution in [3.8, 4) is 11.5 Å². The highest BCUT2D eigenvalue weighted by Gasteiger charge is 2.45. The Morgan fingerprint density at radius 2 is 1.53 bits per heavy atom. The van der Waals surface area contributed by atoms with Crippen molar-refractivity contribution in [3.05, 3.63) is 87.5 Å². The van der Waals surface area contributed by atoms with Gasteiger partial charge in [0.05, 0.1) is 13.0 Å². The average molecular weight is 458 g/mol. The predicted octanol–water partition coefficient (Wildman–Crippen LogP) is 7.68. The molecule has 1 unspecified atom stereocenters. The van der Waals surface area contributed by atoms with Gasteiger partial charge in [0, 0.05) is 30.4 Å². The summed E-state index contributed by atoms with van der Waals surface area (Å²) in [5, 5.41) is 0. The lowest BCUT2D eigenvalue weighted by Gasteiger charge is -2.28. The lowest BCUT2D eigenvalue weighted by Crippen LogP contribution is -2.31. The lowest BCUT2D eigenvalue weighted by atomic mass is 9.78. The van der Waals surface area contributed by atoms with Gasteiger partial charge in [0.1, 0.15) is 17.1 Å². The molecule has 0 fully saturated rings. The summed E-state index contributed by atoms with van der Waals surface area (Å²) in [7, 11) is 3.88. The molecule has 3 nitrogen and oxygen atoms in total. The van der Waals surface area contributed by atoms with E-state index in [1.54, 1.807) is 7.11 Å². The zero-order chi connectivity index (χ0) is 24.8. The summed E-state index contributed by atoms with van der Waals surface area (Å²) in [6.07, 6.45) is 0. The van der Waals surface area contributed by atoms with Gasteiger partial charge in [-0.1, -0.05) is 50.2 Å². The number of hydrogen-bond acceptors (Lipinski definition) is 3. The molecule has 0 saturated heterocycles. The summed E-state index contributed by atoms with van der Waals surface area (Å²) >= 11 is 0. The molecule has 1 aliphatic heterocycles. The van der Waals surface area contributed by atoms with Crippen LogP contribution in [-0.4, -0.2) is 19.8 Å². The molecular weight excluding hydrogens is 418 g/mol. The van der Waals surface area contributed by atoms with Gasteiger partial charge in [0.2, 0.25) is 0 Å². The van der Waals surface area contributed by atoms with Crippen LogP contribution < -0.4 is 14.4 Å². The average Bonchev–Trinajstić information content (AvgIpc) is 3.09. The van der Waals surface area contributed by atoms with Crippen LogP contribution in [0.25, 0.3) is 0 Å². The topological polar surface area (TPSA) is 21.7 Å². The monoisotopic (exact) mass is 457 g/mol. The zero-order valence-electron chi connectivity index (χ0n) is 22.2. The van der Waals surface area contributed by atoms with Crippen molar-refractivity contribution in [2.24, 2.45) is 0 Å². The van der Waals surface area contributed by atoms with E-state index in [1.165, 1.54) is 44.6 Å². The van der Waals surface area contributed by atoms with E-state index in [1.807, 2.05) is 12.1 Å². The van der Waals surface area contributed by atoms with E-state index in [0.717, 1.165) is 18.0 Å². The molecule has 3 aromatic carbocycles. The van der Waals surface area contributed by atoms with E-state index >= 15 is 0 Å². The first kappa shape index (κ1) is 24.2. The molecular formula is C31H39NO2. The van der Waals surface area contributed by atoms with Crippen molar-refractivity contribution in [2.45, 2.75) is 72.4 Å². The van der Waals surface area contributed by atoms with Crippen molar-refractivity contribution >= 4 is 5.69 Å². The van der Waals surface area contributed by atoms with E-state index in [2.05, 4.69) is 96.8 Å². The Hall–Kier alpha value is -2.94. The summed E-state index contributed by atoms with van der Waals surface area (Å²) in [6.45, 7) is 16.5. The molecule has 1 atom stereocenters. The molecule has 0 radical (unpaired) electrons. The number of fused-ring (bicyclic) bond motifs is 1. The molecule has 1 aliphatic rings. The molecule has 0 saturated carbocycles. The largest absolute Gasteiger partial charge is 0.497 e. The SMILES string of the molecule is COc1ccc(CN(C)c2c(C)c(C)c3c(c2C)OC(C)(C)C3c2ccc(C(C)C)cc2)cc1. The maximum absolute atomic E-state index is 6.73. The third-order valence-corrected chi connectivity index (χ3v) is 7.51. The molecule has 0 bridgehead atoms. The first-order valence-corrected chi connectivity index (χ1v) is 12.3. The van der Waals surface area contributed by atoms with E-state index in [0.29, 0.717) is 5.92 Å². The Morgan fingerprint density at radius 3 is 2.09 bits per heavy atom. The first-order valence-electron chi connectivity index (χ1n) is 12.3. The van der Waals surface area contributed by atoms with Crippen LogP contribution in [0.3, 0.4) is 0 Å². The molecule has 180 valence electrons. The minimum atomic E-state index is -0.309. The van der Waals surface area contributed by atoms with E-state index < -0.39 is 0 Å². The van der Waals surface area contributed by atoms with Crippen LogP contribution in [0.2, 0.25) is 0 Å². The Kier molecular flexibility index (Phi) is 6.42. The lowest BCUT2D eigenvalue weighted by molar-refractivity contribution is 0.121. The maximum atomic E-state index is 6.73. The molecule has 3 aromatic rings. The van der Waals surface area contributed by atoms with Crippen LogP contribution in [0.5, 0.6) is 11.5 Å². The third-order valence-electron chi connectivity index (χ3n) is 7.51. The van der Waals surface area contributed by atoms with Crippen LogP contribution in [0.15, 0.2) is 48.5 Å². The highest BCUT2D eigenvalue weighted by Crippen LogP contribution is 2.54. The fourth-order valence-electron chi connectivity index (χ4n) is 5.59. The van der Waals surface area contributed by atoms with Crippen molar-refractivity contribution in [2.75, 3.05) is 19.1 Å². The maximum Gasteiger partial charge on any atom is 0.129 e. The predicted molar refractivity (Wildman–Crippen MR) is 143 cm³/mol. The normalized spacial score (nSPS) is 16.4. The summed E-state index contributed by atoms with van der Waals surface area (Å²) < 4.78 is 12.1. The minimum Gasteiger partial charge on any atom is -0.497 e. The van der Waals surface area contributed by atoms with Crippen molar-refractivity contribution in [1.29, 1.82) is 0 Å². The molecule has 1 heterocycles. The van der Waals surface area contributed by atoms with Crippen molar-refractivity contribution in [1.82, 2.24) is 0 Å². The van der Waals surface area contributed by atoms with Crippen LogP contribution in [-0.2, 0) is 6.54 Å². The van der Waals surface area contributed by atoms with Crippen LogP contribution >= 0.6 is 0 Å². The number of ether oxygens (including phenoxy) is 2. The first-order chi connectivity index (χ1) is 16.0. The summed E-state index contributed by atoms with van der Waals surface area (Å²) in [5.74, 6) is 2.68. The second kappa shape index (κ2) is 9.02. The number of anilines is 1. The molecule has 0 amide bonds. The molecule has 3 heteroatoms. The molecule has 0 aliphatic carbocycles. The fraction of sp³-hybridized carbons (Fsp3) is 0.419. The van der Waals surface area contributed by atoms with E-state index in [-0.39, 0.29) is 11.5 Å². The Labute approximate surface area is 205 Å². The molecule has 0 spiro atoms. The Bertz CT molecular complexity index is 1170. The highest BCUT2D eigenvalue weighted by molar-refractivity contribution is 5.72. The highest BCUT2D eigenvalue weighted by atomic mass is 16.5. The molecule has 0 N–H and O–H groups in total. The van der Waals surface area contributed by atoms with Gasteiger partial charge < -0.3 is 14.4 Å². The summed E-state index contributed by atoms with van der Waals surface area (Å²) in [4.78, 5) is 2.35. The quantitative estimate of drug-likeness (QED) is 0.379. The van der Waals surface area contributed by atoms with Crippen LogP contribution in [0, 0.1) is 20.8 Å². The molecule has 4 rings (SSSR count). The smallest absolute Gasteiger partial charge is 0.129 e. The van der Waals surface area contributed by atoms with Gasteiger partial charge in [-0.25, -0.2) is 0 Å². The second-order valence-electron chi connectivity index (χ2n) is 10.6. The van der Waals surface area contributed by atoms with Gasteiger partial charge in [-0.3, -0.25) is 0 Å². The standard InChI is InChI=1S/C31H39NO2/c1-19(2)24-12-14-25(15-13-24)28-27-20(3)21(4)29(22(5)30(27)34-31(28,6)7)32(8)18-23-10-16-26(33-9)17-11-23/h10-17,19,28H,18H2,1-9H3. The van der Waals surface area contributed by atoms with Gasteiger partial charge >= 0.3 is 0 Å². The van der Waals surface area contributed by atoms with E-state index in [9.17, 15) is 0 Å². The number of nitrogens with zero attached hydrogens (tertiary/aromatic N) is 1. The molecule has 34 heavy (non-hydrogen) atoms. The third kappa shape index (κ3) is 4.17. The summed E-state index contributed by atoms with van der Waals surface area (Å²) in [6, 6.07) is 17.5. The van der Waals surface area contributed by atoms with Gasteiger partial charge in [-0.2, -0.15) is 0 Å². The number of methoxy groups -OCH3 is 1. The molecule has 0 aromatic heterocycles. The van der Waals surface area contributed by atoms with Crippen molar-refractivity contribution < 1.29 is 9.47 Å². The summed E-state index contributed by atoms with van der Waals surface area (Å²) in [5.41, 5.74) is 10.1. The Balaban J connectivity index is 1.75. The van der Waals surface area contributed by atoms with Gasteiger partial charge in [0.25, 0.3) is 0 Å². The van der Waals surface area contributed by atoms with Crippen LogP contribution in [0.1, 0.15) is 78.5 Å². The zero-order valence-corrected chi connectivity index (χ0v) is 22.2. The number of rotatable bonds is 6. The number of benzene rings is 3. The minimum absolute atomic E-state index is 0.210. The fourth-order valence-corrected chi connectivity index (χ4v) is 5.59. The Morgan fingerprint density at radius 1 is 0.912 bits per heavy atom. The second-order valence-corrected chi connectivity index (χ2v) is 10.6. The van der Waals surface area contributed by atoms with Gasteiger partial charge in [-0.05, 0) is 80.5 Å². The van der Waals surface area contributed by atoms with Gasteiger partial charge in [-0.15, -0.1) is 0 Å². The van der Waals surface area contributed by atoms with Crippen LogP contribution in [0.4, 0.5) is 5.69 Å².